The Bertz CT molecular complexity index is 49.7. The van der Waals surface area contributed by atoms with Gasteiger partial charge in [0.15, 0.2) is 0 Å². The Morgan fingerprint density at radius 2 is 0.900 bits per heavy atom. The second kappa shape index (κ2) is 7.43. The first-order chi connectivity index (χ1) is 3.63. The molecule has 0 aliphatic carbocycles. The average molecular weight is 678 g/mol. The van der Waals surface area contributed by atoms with Gasteiger partial charge in [0.2, 0.25) is 0 Å². The summed E-state index contributed by atoms with van der Waals surface area (Å²) < 4.78 is 0. The predicted octanol–water partition coefficient (Wildman–Crippen LogP) is 2.50. The quantitative estimate of drug-likeness (QED) is 0.403. The molecule has 0 aliphatic rings. The van der Waals surface area contributed by atoms with Crippen molar-refractivity contribution in [3.63, 3.8) is 0 Å². The summed E-state index contributed by atoms with van der Waals surface area (Å²) in [6.45, 7) is 9.59. The zero-order valence-electron chi connectivity index (χ0n) is 7.83. The average Bonchev–Trinajstić information content (AvgIpc) is 1.61. The SMILES string of the molecule is C[Si](C)CC[Si](C)C.[Rf].[Rf]. The molecular formula is C6H16Rf2Si2. The van der Waals surface area contributed by atoms with Gasteiger partial charge in [0.25, 0.3) is 0 Å². The fraction of sp³-hybridized carbons (Fsp3) is 1.00. The van der Waals surface area contributed by atoms with E-state index < -0.39 is 0 Å². The number of rotatable bonds is 3. The molecule has 52 valence electrons. The molecule has 0 unspecified atom stereocenters. The van der Waals surface area contributed by atoms with Crippen LogP contribution in [-0.4, -0.2) is 17.6 Å². The van der Waals surface area contributed by atoms with Gasteiger partial charge in [-0.05, 0) is 0 Å². The van der Waals surface area contributed by atoms with Crippen molar-refractivity contribution in [3.05, 3.63) is 0 Å². The van der Waals surface area contributed by atoms with Gasteiger partial charge < -0.3 is 0 Å². The summed E-state index contributed by atoms with van der Waals surface area (Å²) in [5, 5.41) is 0. The van der Waals surface area contributed by atoms with E-state index in [0.717, 1.165) is 0 Å². The summed E-state index contributed by atoms with van der Waals surface area (Å²) in [5.74, 6) is 0. The van der Waals surface area contributed by atoms with E-state index in [2.05, 4.69) is 26.2 Å². The van der Waals surface area contributed by atoms with Crippen LogP contribution in [0.25, 0.3) is 0 Å². The largest absolute Gasteiger partial charge is 0.0713 e. The summed E-state index contributed by atoms with van der Waals surface area (Å²) >= 11 is 0. The van der Waals surface area contributed by atoms with E-state index in [9.17, 15) is 0 Å². The van der Waals surface area contributed by atoms with Crippen LogP contribution in [-0.2, 0) is 0 Å². The molecular weight excluding hydrogens is 662 g/mol. The van der Waals surface area contributed by atoms with Crippen LogP contribution in [0.1, 0.15) is 0 Å². The van der Waals surface area contributed by atoms with Crippen molar-refractivity contribution in [1.82, 2.24) is 0 Å². The van der Waals surface area contributed by atoms with Gasteiger partial charge in [-0.15, -0.1) is 0 Å². The van der Waals surface area contributed by atoms with Gasteiger partial charge in [0, 0.05) is 17.6 Å². The molecule has 0 atom stereocenters. The van der Waals surface area contributed by atoms with Gasteiger partial charge in [-0.1, -0.05) is 38.3 Å². The molecule has 0 aromatic carbocycles. The summed E-state index contributed by atoms with van der Waals surface area (Å²) in [4.78, 5) is 0. The van der Waals surface area contributed by atoms with E-state index in [1.807, 2.05) is 0 Å². The normalized spacial score (nSPS) is 9.00. The van der Waals surface area contributed by atoms with Crippen molar-refractivity contribution >= 4 is 17.6 Å². The first-order valence-electron chi connectivity index (χ1n) is 3.21. The van der Waals surface area contributed by atoms with Crippen LogP contribution in [0.2, 0.25) is 38.3 Å². The van der Waals surface area contributed by atoms with Crippen molar-refractivity contribution in [2.24, 2.45) is 0 Å². The molecule has 0 nitrogen and oxygen atoms in total. The third-order valence-corrected chi connectivity index (χ3v) is 4.12. The fourth-order valence-electron chi connectivity index (χ4n) is 0.500. The van der Waals surface area contributed by atoms with Gasteiger partial charge in [-0.2, -0.15) is 0 Å². The van der Waals surface area contributed by atoms with Crippen molar-refractivity contribution < 1.29 is 0 Å². The molecule has 4 heteroatoms. The van der Waals surface area contributed by atoms with Crippen molar-refractivity contribution in [1.29, 1.82) is 0 Å². The minimum absolute atomic E-state index is 0. The monoisotopic (exact) mass is 678 g/mol. The summed E-state index contributed by atoms with van der Waals surface area (Å²) in [5.41, 5.74) is 0. The second-order valence-corrected chi connectivity index (χ2v) is 8.74. The van der Waals surface area contributed by atoms with Crippen LogP contribution in [0.5, 0.6) is 0 Å². The zero-order valence-corrected chi connectivity index (χ0v) is 22.6. The Morgan fingerprint density at radius 1 is 0.700 bits per heavy atom. The molecule has 0 aromatic heterocycles. The molecule has 0 aromatic rings. The van der Waals surface area contributed by atoms with Crippen molar-refractivity contribution in [2.45, 2.75) is 38.3 Å². The topological polar surface area (TPSA) is 0 Å². The Labute approximate surface area is 56.5 Å². The maximum Gasteiger partial charge on any atom is 0.0409 e. The smallest absolute Gasteiger partial charge is 0.0409 e. The van der Waals surface area contributed by atoms with Gasteiger partial charge in [-0.25, -0.2) is 0 Å². The number of hydrogen-bond donors (Lipinski definition) is 0. The Balaban J connectivity index is -0.000000245. The third-order valence-electron chi connectivity index (χ3n) is 1.12. The number of hydrogen-bond acceptors (Lipinski definition) is 0. The minimum atomic E-state index is 0. The Morgan fingerprint density at radius 3 is 1.00 bits per heavy atom. The molecule has 0 aliphatic heterocycles. The van der Waals surface area contributed by atoms with E-state index in [4.69, 9.17) is 0 Å². The van der Waals surface area contributed by atoms with Gasteiger partial charge in [0.1, 0.15) is 0 Å². The van der Waals surface area contributed by atoms with Crippen LogP contribution >= 0.6 is 0 Å². The molecule has 0 saturated heterocycles. The van der Waals surface area contributed by atoms with Crippen LogP contribution in [0.15, 0.2) is 0 Å². The van der Waals surface area contributed by atoms with Crippen molar-refractivity contribution in [2.75, 3.05) is 0 Å². The molecule has 0 rings (SSSR count). The van der Waals surface area contributed by atoms with E-state index in [1.54, 1.807) is 0 Å². The summed E-state index contributed by atoms with van der Waals surface area (Å²) in [7, 11) is 0.191. The van der Waals surface area contributed by atoms with Crippen LogP contribution in [0.3, 0.4) is 0 Å². The molecule has 0 fully saturated rings. The van der Waals surface area contributed by atoms with Gasteiger partial charge in [0.05, 0.1) is 0 Å². The third kappa shape index (κ3) is 16.1. The maximum absolute atomic E-state index is 2.40. The van der Waals surface area contributed by atoms with E-state index >= 15 is 0 Å². The second-order valence-electron chi connectivity index (χ2n) is 2.91. The Hall–Kier alpha value is -1.57. The first kappa shape index (κ1) is 15.8. The molecule has 10 heavy (non-hydrogen) atoms. The molecule has 0 bridgehead atoms. The fourth-order valence-corrected chi connectivity index (χ4v) is 4.50. The molecule has 0 heterocycles. The summed E-state index contributed by atoms with van der Waals surface area (Å²) in [6.07, 6.45) is 0. The zero-order chi connectivity index (χ0) is 6.57. The van der Waals surface area contributed by atoms with Crippen molar-refractivity contribution in [3.8, 4) is 0 Å². The van der Waals surface area contributed by atoms with Crippen LogP contribution < -0.4 is 0 Å². The molecule has 2 radical (unpaired) electrons. The van der Waals surface area contributed by atoms with Crippen LogP contribution in [0, 0.1) is 0 Å². The van der Waals surface area contributed by atoms with Gasteiger partial charge >= 0.3 is 0 Å². The van der Waals surface area contributed by atoms with Crippen LogP contribution in [0.4, 0.5) is 0 Å². The summed E-state index contributed by atoms with van der Waals surface area (Å²) in [6, 6.07) is 3.07. The minimum Gasteiger partial charge on any atom is -0.0713 e. The first-order valence-corrected chi connectivity index (χ1v) is 8.62. The predicted molar refractivity (Wildman–Crippen MR) is 44.6 cm³/mol. The maximum atomic E-state index is 2.40. The molecule has 0 amide bonds. The molecule has 0 spiro atoms. The molecule has 0 N–H and O–H groups in total. The van der Waals surface area contributed by atoms with E-state index in [1.165, 1.54) is 12.1 Å². The Kier molecular flexibility index (Phi) is 11.7. The van der Waals surface area contributed by atoms with E-state index in [0.29, 0.717) is 0 Å². The van der Waals surface area contributed by atoms with Gasteiger partial charge in [-0.3, -0.25) is 0 Å². The standard InChI is InChI=1S/C6H16Si2.2Rf/c1-7(2)5-6-8(3)4;;/h5-6H2,1-4H3;;. The molecule has 0 saturated carbocycles. The van der Waals surface area contributed by atoms with E-state index in [-0.39, 0.29) is 17.6 Å².